The second kappa shape index (κ2) is 10.7. The Balaban J connectivity index is 1.28. The molecule has 0 bridgehead atoms. The molecule has 42 heavy (non-hydrogen) atoms. The van der Waals surface area contributed by atoms with Crippen molar-refractivity contribution in [3.05, 3.63) is 82.2 Å². The van der Waals surface area contributed by atoms with E-state index in [1.165, 1.54) is 30.5 Å². The van der Waals surface area contributed by atoms with Crippen LogP contribution in [-0.2, 0) is 16.8 Å². The summed E-state index contributed by atoms with van der Waals surface area (Å²) in [5.74, 6) is -0.0839. The number of Topliss-reactive ketones (excluding diaryl/α,β-unsaturated/α-hetero) is 1. The van der Waals surface area contributed by atoms with Gasteiger partial charge in [0, 0.05) is 12.1 Å². The fourth-order valence-electron chi connectivity index (χ4n) is 4.35. The van der Waals surface area contributed by atoms with E-state index in [9.17, 15) is 18.8 Å². The highest BCUT2D eigenvalue weighted by molar-refractivity contribution is 5.96. The molecule has 0 spiro atoms. The van der Waals surface area contributed by atoms with E-state index in [0.717, 1.165) is 10.1 Å². The topological polar surface area (TPSA) is 164 Å². The molecule has 3 N–H and O–H groups in total. The van der Waals surface area contributed by atoms with E-state index < -0.39 is 40.4 Å². The summed E-state index contributed by atoms with van der Waals surface area (Å²) in [5.41, 5.74) is 4.33. The van der Waals surface area contributed by atoms with Gasteiger partial charge in [-0.1, -0.05) is 19.9 Å². The average molecular weight is 577 g/mol. The Morgan fingerprint density at radius 3 is 2.50 bits per heavy atom. The highest BCUT2D eigenvalue weighted by atomic mass is 19.1. The molecule has 12 nitrogen and oxygen atoms in total. The molecule has 1 aliphatic heterocycles. The van der Waals surface area contributed by atoms with Crippen LogP contribution in [0.15, 0.2) is 57.9 Å². The Hall–Kier alpha value is -5.07. The lowest BCUT2D eigenvalue weighted by Gasteiger charge is -2.22. The second-order valence-corrected chi connectivity index (χ2v) is 11.0. The van der Waals surface area contributed by atoms with E-state index in [4.69, 9.17) is 19.6 Å². The van der Waals surface area contributed by atoms with Crippen molar-refractivity contribution >= 4 is 17.4 Å². The second-order valence-electron chi connectivity index (χ2n) is 11.0. The molecule has 0 radical (unpaired) electrons. The molecule has 0 fully saturated rings. The molecule has 1 aliphatic rings. The van der Waals surface area contributed by atoms with E-state index >= 15 is 0 Å². The summed E-state index contributed by atoms with van der Waals surface area (Å²) >= 11 is 0. The molecule has 4 aromatic rings. The van der Waals surface area contributed by atoms with Gasteiger partial charge in [0.2, 0.25) is 24.4 Å². The van der Waals surface area contributed by atoms with Gasteiger partial charge in [0.25, 0.3) is 11.4 Å². The van der Waals surface area contributed by atoms with Crippen LogP contribution >= 0.6 is 0 Å². The maximum atomic E-state index is 13.4. The maximum Gasteiger partial charge on any atom is 0.284 e. The van der Waals surface area contributed by atoms with Crippen LogP contribution in [0.1, 0.15) is 49.8 Å². The van der Waals surface area contributed by atoms with Gasteiger partial charge >= 0.3 is 0 Å². The molecule has 0 unspecified atom stereocenters. The largest absolute Gasteiger partial charge is 0.454 e. The normalized spacial score (nSPS) is 12.8. The van der Waals surface area contributed by atoms with Crippen molar-refractivity contribution in [3.8, 4) is 22.9 Å². The lowest BCUT2D eigenvalue weighted by molar-refractivity contribution is -0.122. The summed E-state index contributed by atoms with van der Waals surface area (Å²) in [5, 5.41) is 10.8. The van der Waals surface area contributed by atoms with E-state index in [1.807, 2.05) is 26.0 Å². The Labute approximate surface area is 239 Å². The van der Waals surface area contributed by atoms with Crippen LogP contribution in [0.3, 0.4) is 0 Å². The molecule has 3 heterocycles. The SMILES string of the molecule is CC(C)(CNC(=O)Cn1c(-c2ccc(F)cc2)ncc(N)c1=O)C(=O)c1nnc(C(C)(C)c2ccc3c(c2)OCO3)o1. The summed E-state index contributed by atoms with van der Waals surface area (Å²) in [6.07, 6.45) is 1.18. The third-order valence-electron chi connectivity index (χ3n) is 7.07. The van der Waals surface area contributed by atoms with Crippen molar-refractivity contribution in [2.24, 2.45) is 5.41 Å². The summed E-state index contributed by atoms with van der Waals surface area (Å²) in [6, 6.07) is 10.8. The smallest absolute Gasteiger partial charge is 0.284 e. The number of nitrogens with zero attached hydrogens (tertiary/aromatic N) is 4. The van der Waals surface area contributed by atoms with Gasteiger partial charge in [-0.25, -0.2) is 9.37 Å². The number of halogens is 1. The standard InChI is InChI=1S/C29H29FN6O6/c1-28(2,14-33-22(37)13-36-24(32-12-19(31)26(36)39)16-5-8-18(30)9-6-16)23(38)25-34-35-27(42-25)29(3,4)17-7-10-20-21(11-17)41-15-40-20/h5-12H,13-15,31H2,1-4H3,(H,33,37). The van der Waals surface area contributed by atoms with E-state index in [2.05, 4.69) is 20.5 Å². The van der Waals surface area contributed by atoms with Gasteiger partial charge in [-0.15, -0.1) is 10.2 Å². The number of hydrogen-bond donors (Lipinski definition) is 2. The molecular formula is C29H29FN6O6. The van der Waals surface area contributed by atoms with E-state index in [-0.39, 0.29) is 36.6 Å². The van der Waals surface area contributed by atoms with Gasteiger partial charge in [0.15, 0.2) is 11.5 Å². The van der Waals surface area contributed by atoms with Crippen molar-refractivity contribution < 1.29 is 27.9 Å². The number of carbonyl (C=O) groups excluding carboxylic acids is 2. The van der Waals surface area contributed by atoms with E-state index in [0.29, 0.717) is 17.1 Å². The summed E-state index contributed by atoms with van der Waals surface area (Å²) < 4.78 is 31.2. The zero-order valence-corrected chi connectivity index (χ0v) is 23.4. The van der Waals surface area contributed by atoms with Crippen molar-refractivity contribution in [2.45, 2.75) is 39.7 Å². The van der Waals surface area contributed by atoms with Gasteiger partial charge in [-0.3, -0.25) is 19.0 Å². The molecule has 218 valence electrons. The zero-order chi connectivity index (χ0) is 30.2. The van der Waals surface area contributed by atoms with Crippen molar-refractivity contribution in [1.29, 1.82) is 0 Å². The number of nitrogen functional groups attached to an aromatic ring is 1. The first-order valence-corrected chi connectivity index (χ1v) is 13.0. The van der Waals surface area contributed by atoms with Crippen molar-refractivity contribution in [2.75, 3.05) is 19.1 Å². The van der Waals surface area contributed by atoms with Crippen LogP contribution in [0.4, 0.5) is 10.1 Å². The third-order valence-corrected chi connectivity index (χ3v) is 7.07. The fraction of sp³-hybridized carbons (Fsp3) is 0.310. The van der Waals surface area contributed by atoms with Crippen LogP contribution in [0.2, 0.25) is 0 Å². The number of hydrogen-bond acceptors (Lipinski definition) is 10. The number of rotatable bonds is 9. The van der Waals surface area contributed by atoms with Crippen LogP contribution in [0.5, 0.6) is 11.5 Å². The third kappa shape index (κ3) is 5.45. The van der Waals surface area contributed by atoms with Gasteiger partial charge in [-0.05, 0) is 55.8 Å². The lowest BCUT2D eigenvalue weighted by atomic mass is 9.84. The number of nitrogens with two attached hydrogens (primary N) is 1. The Morgan fingerprint density at radius 1 is 1.05 bits per heavy atom. The average Bonchev–Trinajstić information content (AvgIpc) is 3.65. The number of ketones is 1. The Morgan fingerprint density at radius 2 is 1.76 bits per heavy atom. The van der Waals surface area contributed by atoms with Gasteiger partial charge in [-0.2, -0.15) is 0 Å². The highest BCUT2D eigenvalue weighted by Crippen LogP contribution is 2.39. The van der Waals surface area contributed by atoms with Crippen LogP contribution < -0.4 is 26.1 Å². The summed E-state index contributed by atoms with van der Waals surface area (Å²) in [6.45, 7) is 6.64. The number of anilines is 1. The molecule has 2 aromatic carbocycles. The molecule has 0 saturated carbocycles. The minimum absolute atomic E-state index is 0.0929. The molecule has 0 saturated heterocycles. The number of ether oxygens (including phenoxy) is 2. The molecule has 13 heteroatoms. The molecule has 2 aromatic heterocycles. The van der Waals surface area contributed by atoms with E-state index in [1.54, 1.807) is 19.9 Å². The molecular weight excluding hydrogens is 547 g/mol. The first kappa shape index (κ1) is 28.5. The predicted octanol–water partition coefficient (Wildman–Crippen LogP) is 3.09. The number of carbonyl (C=O) groups is 2. The number of nitrogens with one attached hydrogen (secondary N) is 1. The number of benzene rings is 2. The first-order valence-electron chi connectivity index (χ1n) is 13.0. The van der Waals surface area contributed by atoms with Gasteiger partial charge in [0.1, 0.15) is 23.9 Å². The number of amides is 1. The minimum atomic E-state index is -1.14. The van der Waals surface area contributed by atoms with Crippen LogP contribution in [0, 0.1) is 11.2 Å². The summed E-state index contributed by atoms with van der Waals surface area (Å²) in [4.78, 5) is 43.2. The van der Waals surface area contributed by atoms with Gasteiger partial charge in [0.05, 0.1) is 17.0 Å². The lowest BCUT2D eigenvalue weighted by Crippen LogP contribution is -2.41. The molecule has 0 aliphatic carbocycles. The molecule has 0 atom stereocenters. The van der Waals surface area contributed by atoms with Crippen molar-refractivity contribution in [1.82, 2.24) is 25.1 Å². The predicted molar refractivity (Wildman–Crippen MR) is 148 cm³/mol. The Kier molecular flexibility index (Phi) is 7.27. The first-order chi connectivity index (χ1) is 19.9. The van der Waals surface area contributed by atoms with Crippen molar-refractivity contribution in [3.63, 3.8) is 0 Å². The van der Waals surface area contributed by atoms with Gasteiger partial charge < -0.3 is 24.9 Å². The summed E-state index contributed by atoms with van der Waals surface area (Å²) in [7, 11) is 0. The minimum Gasteiger partial charge on any atom is -0.454 e. The maximum absolute atomic E-state index is 13.4. The van der Waals surface area contributed by atoms with Crippen LogP contribution in [0.25, 0.3) is 11.4 Å². The quantitative estimate of drug-likeness (QED) is 0.283. The molecule has 5 rings (SSSR count). The monoisotopic (exact) mass is 576 g/mol. The van der Waals surface area contributed by atoms with Crippen LogP contribution in [-0.4, -0.2) is 44.8 Å². The number of aromatic nitrogens is 4. The number of fused-ring (bicyclic) bond motifs is 1. The molecule has 1 amide bonds. The highest BCUT2D eigenvalue weighted by Gasteiger charge is 2.37. The fourth-order valence-corrected chi connectivity index (χ4v) is 4.35. The zero-order valence-electron chi connectivity index (χ0n) is 23.4. The Bertz CT molecular complexity index is 1730.